The number of rotatable bonds is 4. The lowest BCUT2D eigenvalue weighted by atomic mass is 10.1. The van der Waals surface area contributed by atoms with Gasteiger partial charge in [0.15, 0.2) is 0 Å². The second-order valence-corrected chi connectivity index (χ2v) is 3.39. The van der Waals surface area contributed by atoms with Crippen LogP contribution in [-0.4, -0.2) is 10.7 Å². The van der Waals surface area contributed by atoms with Crippen LogP contribution >= 0.6 is 0 Å². The molecule has 0 fully saturated rings. The van der Waals surface area contributed by atoms with E-state index >= 15 is 0 Å². The van der Waals surface area contributed by atoms with E-state index in [1.54, 1.807) is 18.5 Å². The molecule has 0 N–H and O–H groups in total. The number of allylic oxidation sites excluding steroid dienone is 2. The van der Waals surface area contributed by atoms with E-state index in [4.69, 9.17) is 0 Å². The molecule has 0 saturated heterocycles. The summed E-state index contributed by atoms with van der Waals surface area (Å²) in [6.07, 6.45) is 7.14. The predicted octanol–water partition coefficient (Wildman–Crippen LogP) is 3.62. The topological polar surface area (TPSA) is 25.2 Å². The van der Waals surface area contributed by atoms with Crippen LogP contribution in [0.2, 0.25) is 0 Å². The quantitative estimate of drug-likeness (QED) is 0.700. The summed E-state index contributed by atoms with van der Waals surface area (Å²) in [7, 11) is 0. The molecule has 0 aliphatic rings. The van der Waals surface area contributed by atoms with Gasteiger partial charge in [-0.25, -0.2) is 0 Å². The third-order valence-corrected chi connectivity index (χ3v) is 2.04. The zero-order chi connectivity index (χ0) is 12.0. The fraction of sp³-hybridized carbons (Fsp3) is 0.143. The summed E-state index contributed by atoms with van der Waals surface area (Å²) in [5.74, 6) is 0. The summed E-state index contributed by atoms with van der Waals surface area (Å²) >= 11 is 0. The highest BCUT2D eigenvalue weighted by Crippen LogP contribution is 2.12. The number of nitrogens with zero attached hydrogens (tertiary/aromatic N) is 2. The molecule has 2 nitrogen and oxygen atoms in total. The number of hydrogen-bond donors (Lipinski definition) is 0. The van der Waals surface area contributed by atoms with Gasteiger partial charge < -0.3 is 0 Å². The largest absolute Gasteiger partial charge is 0.255 e. The van der Waals surface area contributed by atoms with Gasteiger partial charge in [-0.15, -0.1) is 0 Å². The SMILES string of the molecule is C=Cc1cccnc1/C(=N/C=C\C)C(=C)C. The maximum absolute atomic E-state index is 4.35. The van der Waals surface area contributed by atoms with Crippen molar-refractivity contribution < 1.29 is 0 Å². The first-order valence-electron chi connectivity index (χ1n) is 5.13. The van der Waals surface area contributed by atoms with Gasteiger partial charge in [-0.1, -0.05) is 31.4 Å². The smallest absolute Gasteiger partial charge is 0.0960 e. The molecule has 0 aliphatic carbocycles. The van der Waals surface area contributed by atoms with Crippen molar-refractivity contribution in [1.29, 1.82) is 0 Å². The average molecular weight is 212 g/mol. The van der Waals surface area contributed by atoms with Crippen molar-refractivity contribution in [3.63, 3.8) is 0 Å². The molecule has 2 heteroatoms. The van der Waals surface area contributed by atoms with Crippen molar-refractivity contribution in [1.82, 2.24) is 4.98 Å². The molecular weight excluding hydrogens is 196 g/mol. The van der Waals surface area contributed by atoms with Crippen molar-refractivity contribution in [3.8, 4) is 0 Å². The van der Waals surface area contributed by atoms with Crippen molar-refractivity contribution >= 4 is 11.8 Å². The normalized spacial score (nSPS) is 11.8. The van der Waals surface area contributed by atoms with Gasteiger partial charge in [0, 0.05) is 18.0 Å². The van der Waals surface area contributed by atoms with Crippen LogP contribution in [0.15, 0.2) is 54.3 Å². The molecule has 1 heterocycles. The Morgan fingerprint density at radius 1 is 1.50 bits per heavy atom. The van der Waals surface area contributed by atoms with Crippen LogP contribution in [0.25, 0.3) is 6.08 Å². The Bertz CT molecular complexity index is 454. The van der Waals surface area contributed by atoms with Crippen molar-refractivity contribution in [2.24, 2.45) is 4.99 Å². The minimum Gasteiger partial charge on any atom is -0.255 e. The number of aliphatic imine (C=N–C) groups is 1. The molecule has 82 valence electrons. The fourth-order valence-electron chi connectivity index (χ4n) is 1.30. The fourth-order valence-corrected chi connectivity index (χ4v) is 1.30. The minimum atomic E-state index is 0.800. The van der Waals surface area contributed by atoms with Crippen LogP contribution in [0.5, 0.6) is 0 Å². The Hall–Kier alpha value is -1.96. The molecule has 0 aliphatic heterocycles. The molecule has 16 heavy (non-hydrogen) atoms. The van der Waals surface area contributed by atoms with Gasteiger partial charge in [-0.3, -0.25) is 9.98 Å². The average Bonchev–Trinajstić information content (AvgIpc) is 2.29. The van der Waals surface area contributed by atoms with Gasteiger partial charge in [-0.05, 0) is 25.5 Å². The Labute approximate surface area is 96.8 Å². The zero-order valence-corrected chi connectivity index (χ0v) is 9.77. The van der Waals surface area contributed by atoms with Crippen molar-refractivity contribution in [2.75, 3.05) is 0 Å². The van der Waals surface area contributed by atoms with Crippen LogP contribution in [0, 0.1) is 0 Å². The summed E-state index contributed by atoms with van der Waals surface area (Å²) in [5.41, 5.74) is 3.48. The maximum atomic E-state index is 4.35. The predicted molar refractivity (Wildman–Crippen MR) is 70.5 cm³/mol. The lowest BCUT2D eigenvalue weighted by Crippen LogP contribution is -2.06. The first kappa shape index (κ1) is 12.1. The van der Waals surface area contributed by atoms with Gasteiger partial charge >= 0.3 is 0 Å². The number of aromatic nitrogens is 1. The van der Waals surface area contributed by atoms with Gasteiger partial charge in [0.05, 0.1) is 11.4 Å². The minimum absolute atomic E-state index is 0.800. The van der Waals surface area contributed by atoms with E-state index in [1.807, 2.05) is 32.1 Å². The second-order valence-electron chi connectivity index (χ2n) is 3.39. The van der Waals surface area contributed by atoms with E-state index in [0.29, 0.717) is 0 Å². The summed E-state index contributed by atoms with van der Waals surface area (Å²) in [4.78, 5) is 8.67. The highest BCUT2D eigenvalue weighted by molar-refractivity contribution is 6.12. The molecule has 0 saturated carbocycles. The van der Waals surface area contributed by atoms with Gasteiger partial charge in [0.1, 0.15) is 0 Å². The molecule has 1 aromatic heterocycles. The van der Waals surface area contributed by atoms with Crippen LogP contribution in [0.1, 0.15) is 25.1 Å². The second kappa shape index (κ2) is 5.81. The number of pyridine rings is 1. The van der Waals surface area contributed by atoms with Crippen LogP contribution in [0.4, 0.5) is 0 Å². The molecular formula is C14H16N2. The molecule has 0 radical (unpaired) electrons. The van der Waals surface area contributed by atoms with Gasteiger partial charge in [0.2, 0.25) is 0 Å². The maximum Gasteiger partial charge on any atom is 0.0960 e. The summed E-state index contributed by atoms with van der Waals surface area (Å²) in [5, 5.41) is 0. The Balaban J connectivity index is 3.31. The van der Waals surface area contributed by atoms with E-state index in [1.165, 1.54) is 0 Å². The van der Waals surface area contributed by atoms with E-state index in [9.17, 15) is 0 Å². The molecule has 0 aromatic carbocycles. The van der Waals surface area contributed by atoms with Gasteiger partial charge in [0.25, 0.3) is 0 Å². The zero-order valence-electron chi connectivity index (χ0n) is 9.77. The molecule has 0 bridgehead atoms. The third kappa shape index (κ3) is 2.76. The van der Waals surface area contributed by atoms with Crippen molar-refractivity contribution in [2.45, 2.75) is 13.8 Å². The van der Waals surface area contributed by atoms with Crippen LogP contribution < -0.4 is 0 Å². The molecule has 0 spiro atoms. The van der Waals surface area contributed by atoms with Crippen LogP contribution in [-0.2, 0) is 0 Å². The monoisotopic (exact) mass is 212 g/mol. The van der Waals surface area contributed by atoms with E-state index < -0.39 is 0 Å². The van der Waals surface area contributed by atoms with Gasteiger partial charge in [-0.2, -0.15) is 0 Å². The molecule has 0 atom stereocenters. The highest BCUT2D eigenvalue weighted by Gasteiger charge is 2.08. The van der Waals surface area contributed by atoms with E-state index in [-0.39, 0.29) is 0 Å². The lowest BCUT2D eigenvalue weighted by Gasteiger charge is -2.07. The standard InChI is InChI=1S/C14H16N2/c1-5-9-15-13(11(3)4)14-12(6-2)8-7-10-16-14/h5-10H,2-3H2,1,4H3/b9-5-,15-13+. The lowest BCUT2D eigenvalue weighted by molar-refractivity contribution is 1.26. The third-order valence-electron chi connectivity index (χ3n) is 2.04. The molecule has 1 aromatic rings. The molecule has 0 unspecified atom stereocenters. The van der Waals surface area contributed by atoms with E-state index in [2.05, 4.69) is 23.1 Å². The summed E-state index contributed by atoms with van der Waals surface area (Å²) in [6.45, 7) is 11.5. The van der Waals surface area contributed by atoms with Crippen LogP contribution in [0.3, 0.4) is 0 Å². The summed E-state index contributed by atoms with van der Waals surface area (Å²) < 4.78 is 0. The Kier molecular flexibility index (Phi) is 4.40. The van der Waals surface area contributed by atoms with Crippen molar-refractivity contribution in [3.05, 3.63) is 60.6 Å². The summed E-state index contributed by atoms with van der Waals surface area (Å²) in [6, 6.07) is 3.84. The highest BCUT2D eigenvalue weighted by atomic mass is 14.8. The number of hydrogen-bond acceptors (Lipinski definition) is 2. The first-order chi connectivity index (χ1) is 7.70. The Morgan fingerprint density at radius 2 is 2.25 bits per heavy atom. The Morgan fingerprint density at radius 3 is 2.81 bits per heavy atom. The first-order valence-corrected chi connectivity index (χ1v) is 5.13. The molecule has 0 amide bonds. The van der Waals surface area contributed by atoms with E-state index in [0.717, 1.165) is 22.5 Å². The molecule has 1 rings (SSSR count).